The summed E-state index contributed by atoms with van der Waals surface area (Å²) in [6.45, 7) is 0. The van der Waals surface area contributed by atoms with Crippen molar-refractivity contribution in [3.8, 4) is 0 Å². The van der Waals surface area contributed by atoms with Gasteiger partial charge in [-0.05, 0) is 22.8 Å². The summed E-state index contributed by atoms with van der Waals surface area (Å²) in [5.74, 6) is -0.476. The van der Waals surface area contributed by atoms with Crippen LogP contribution in [0.2, 0.25) is 0 Å². The lowest BCUT2D eigenvalue weighted by Crippen LogP contribution is -2.29. The van der Waals surface area contributed by atoms with Gasteiger partial charge in [-0.25, -0.2) is 8.42 Å². The van der Waals surface area contributed by atoms with Crippen LogP contribution in [0, 0.1) is 0 Å². The van der Waals surface area contributed by atoms with Crippen LogP contribution in [0.5, 0.6) is 0 Å². The Kier molecular flexibility index (Phi) is 3.85. The Bertz CT molecular complexity index is 707. The highest BCUT2D eigenvalue weighted by molar-refractivity contribution is 7.89. The lowest BCUT2D eigenvalue weighted by molar-refractivity contribution is -0.119. The van der Waals surface area contributed by atoms with Crippen molar-refractivity contribution in [2.75, 3.05) is 6.26 Å². The Hall–Kier alpha value is -1.88. The van der Waals surface area contributed by atoms with Crippen LogP contribution in [0.25, 0.3) is 10.8 Å². The van der Waals surface area contributed by atoms with E-state index in [0.29, 0.717) is 6.42 Å². The summed E-state index contributed by atoms with van der Waals surface area (Å²) in [7, 11) is -3.46. The fourth-order valence-electron chi connectivity index (χ4n) is 1.91. The molecule has 0 heterocycles. The van der Waals surface area contributed by atoms with E-state index in [0.717, 1.165) is 22.6 Å². The second-order valence-corrected chi connectivity index (χ2v) is 6.23. The quantitative estimate of drug-likeness (QED) is 0.927. The molecule has 0 saturated carbocycles. The summed E-state index contributed by atoms with van der Waals surface area (Å²) >= 11 is 0. The zero-order chi connectivity index (χ0) is 13.9. The van der Waals surface area contributed by atoms with E-state index >= 15 is 0 Å². The zero-order valence-electron chi connectivity index (χ0n) is 10.6. The van der Waals surface area contributed by atoms with Crippen LogP contribution in [-0.4, -0.2) is 20.6 Å². The predicted octanol–water partition coefficient (Wildman–Crippen LogP) is 1.85. The molecule has 0 bridgehead atoms. The Morgan fingerprint density at radius 3 is 2.47 bits per heavy atom. The van der Waals surface area contributed by atoms with Crippen LogP contribution in [0.3, 0.4) is 0 Å². The van der Waals surface area contributed by atoms with E-state index in [-0.39, 0.29) is 6.42 Å². The number of hydrogen-bond donors (Lipinski definition) is 1. The molecule has 0 unspecified atom stereocenters. The minimum Gasteiger partial charge on any atom is -0.274 e. The number of benzene rings is 2. The number of nitrogens with one attached hydrogen (secondary N) is 1. The number of carbonyl (C=O) groups excluding carboxylic acids is 1. The van der Waals surface area contributed by atoms with Crippen molar-refractivity contribution in [2.24, 2.45) is 0 Å². The molecule has 0 aliphatic rings. The van der Waals surface area contributed by atoms with Gasteiger partial charge in [-0.2, -0.15) is 0 Å². The first-order valence-electron chi connectivity index (χ1n) is 5.92. The van der Waals surface area contributed by atoms with Crippen LogP contribution in [-0.2, 0) is 21.2 Å². The number of aryl methyl sites for hydroxylation is 1. The highest BCUT2D eigenvalue weighted by atomic mass is 32.2. The number of rotatable bonds is 4. The van der Waals surface area contributed by atoms with Gasteiger partial charge >= 0.3 is 0 Å². The van der Waals surface area contributed by atoms with Crippen LogP contribution in [0.4, 0.5) is 0 Å². The van der Waals surface area contributed by atoms with Gasteiger partial charge in [0.1, 0.15) is 0 Å². The summed E-state index contributed by atoms with van der Waals surface area (Å²) in [6, 6.07) is 13.9. The lowest BCUT2D eigenvalue weighted by Gasteiger charge is -2.04. The number of hydrogen-bond acceptors (Lipinski definition) is 3. The highest BCUT2D eigenvalue weighted by Gasteiger charge is 2.08. The first-order valence-corrected chi connectivity index (χ1v) is 7.81. The first-order chi connectivity index (χ1) is 8.94. The van der Waals surface area contributed by atoms with E-state index in [1.807, 2.05) is 47.2 Å². The van der Waals surface area contributed by atoms with Crippen LogP contribution in [0.15, 0.2) is 42.5 Å². The molecule has 19 heavy (non-hydrogen) atoms. The normalized spacial score (nSPS) is 11.4. The Labute approximate surface area is 112 Å². The predicted molar refractivity (Wildman–Crippen MR) is 75.3 cm³/mol. The van der Waals surface area contributed by atoms with Crippen molar-refractivity contribution in [1.82, 2.24) is 4.72 Å². The monoisotopic (exact) mass is 277 g/mol. The van der Waals surface area contributed by atoms with Gasteiger partial charge in [0.05, 0.1) is 6.26 Å². The van der Waals surface area contributed by atoms with Gasteiger partial charge in [0.25, 0.3) is 0 Å². The molecule has 100 valence electrons. The highest BCUT2D eigenvalue weighted by Crippen LogP contribution is 2.16. The standard InChI is InChI=1S/C14H15NO3S/c1-19(17,18)15-14(16)9-7-11-6-8-12-4-2-3-5-13(12)10-11/h2-6,8,10H,7,9H2,1H3,(H,15,16). The first kappa shape index (κ1) is 13.5. The molecule has 1 N–H and O–H groups in total. The van der Waals surface area contributed by atoms with E-state index in [2.05, 4.69) is 0 Å². The van der Waals surface area contributed by atoms with Gasteiger partial charge in [0.2, 0.25) is 15.9 Å². The lowest BCUT2D eigenvalue weighted by atomic mass is 10.0. The summed E-state index contributed by atoms with van der Waals surface area (Å²) in [6.07, 6.45) is 1.65. The van der Waals surface area contributed by atoms with Crippen LogP contribution in [0.1, 0.15) is 12.0 Å². The van der Waals surface area contributed by atoms with Gasteiger partial charge in [0.15, 0.2) is 0 Å². The van der Waals surface area contributed by atoms with E-state index in [1.54, 1.807) is 0 Å². The van der Waals surface area contributed by atoms with Gasteiger partial charge in [-0.15, -0.1) is 0 Å². The molecule has 4 nitrogen and oxygen atoms in total. The van der Waals surface area contributed by atoms with Crippen molar-refractivity contribution in [3.63, 3.8) is 0 Å². The van der Waals surface area contributed by atoms with Gasteiger partial charge in [0, 0.05) is 6.42 Å². The number of sulfonamides is 1. The Morgan fingerprint density at radius 1 is 1.11 bits per heavy atom. The second-order valence-electron chi connectivity index (χ2n) is 4.48. The largest absolute Gasteiger partial charge is 0.274 e. The molecule has 2 rings (SSSR count). The Morgan fingerprint density at radius 2 is 1.79 bits per heavy atom. The van der Waals surface area contributed by atoms with Crippen molar-refractivity contribution in [3.05, 3.63) is 48.0 Å². The molecule has 0 atom stereocenters. The molecular weight excluding hydrogens is 262 g/mol. The van der Waals surface area contributed by atoms with Gasteiger partial charge in [-0.1, -0.05) is 42.5 Å². The number of amides is 1. The topological polar surface area (TPSA) is 63.2 Å². The summed E-state index contributed by atoms with van der Waals surface area (Å²) < 4.78 is 23.8. The molecule has 5 heteroatoms. The molecule has 2 aromatic rings. The third-order valence-corrected chi connectivity index (χ3v) is 3.35. The third kappa shape index (κ3) is 4.06. The van der Waals surface area contributed by atoms with Crippen molar-refractivity contribution < 1.29 is 13.2 Å². The van der Waals surface area contributed by atoms with Crippen molar-refractivity contribution in [1.29, 1.82) is 0 Å². The minimum atomic E-state index is -3.46. The fraction of sp³-hybridized carbons (Fsp3) is 0.214. The molecule has 0 radical (unpaired) electrons. The van der Waals surface area contributed by atoms with Crippen LogP contribution >= 0.6 is 0 Å². The second kappa shape index (κ2) is 5.40. The van der Waals surface area contributed by atoms with E-state index in [4.69, 9.17) is 0 Å². The molecule has 0 saturated heterocycles. The molecule has 2 aromatic carbocycles. The van der Waals surface area contributed by atoms with Crippen molar-refractivity contribution in [2.45, 2.75) is 12.8 Å². The zero-order valence-corrected chi connectivity index (χ0v) is 11.4. The van der Waals surface area contributed by atoms with E-state index in [9.17, 15) is 13.2 Å². The van der Waals surface area contributed by atoms with Crippen LogP contribution < -0.4 is 4.72 Å². The molecule has 0 aromatic heterocycles. The molecule has 0 aliphatic heterocycles. The Balaban J connectivity index is 2.04. The summed E-state index contributed by atoms with van der Waals surface area (Å²) in [4.78, 5) is 11.4. The van der Waals surface area contributed by atoms with Gasteiger partial charge in [-0.3, -0.25) is 9.52 Å². The molecular formula is C14H15NO3S. The fourth-order valence-corrected chi connectivity index (χ4v) is 2.43. The third-order valence-electron chi connectivity index (χ3n) is 2.75. The maximum absolute atomic E-state index is 11.4. The molecule has 0 spiro atoms. The van der Waals surface area contributed by atoms with Gasteiger partial charge < -0.3 is 0 Å². The smallest absolute Gasteiger partial charge is 0.233 e. The van der Waals surface area contributed by atoms with Crippen molar-refractivity contribution >= 4 is 26.7 Å². The SMILES string of the molecule is CS(=O)(=O)NC(=O)CCc1ccc2ccccc2c1. The van der Waals surface area contributed by atoms with E-state index in [1.165, 1.54) is 0 Å². The average Bonchev–Trinajstić information content (AvgIpc) is 2.34. The maximum Gasteiger partial charge on any atom is 0.233 e. The number of fused-ring (bicyclic) bond motifs is 1. The summed E-state index contributed by atoms with van der Waals surface area (Å²) in [5, 5.41) is 2.26. The van der Waals surface area contributed by atoms with E-state index < -0.39 is 15.9 Å². The maximum atomic E-state index is 11.4. The number of carbonyl (C=O) groups is 1. The summed E-state index contributed by atoms with van der Waals surface area (Å²) in [5.41, 5.74) is 1.02. The molecule has 0 fully saturated rings. The minimum absolute atomic E-state index is 0.158. The average molecular weight is 277 g/mol. The molecule has 0 aliphatic carbocycles. The molecule has 1 amide bonds.